The van der Waals surface area contributed by atoms with Crippen molar-refractivity contribution in [3.8, 4) is 0 Å². The maximum atomic E-state index is 10.7. The molecule has 7 nitrogen and oxygen atoms in total. The molecule has 1 saturated carbocycles. The minimum atomic E-state index is -0.543. The van der Waals surface area contributed by atoms with E-state index in [0.29, 0.717) is 24.1 Å². The molecule has 1 fully saturated rings. The number of furan rings is 1. The maximum absolute atomic E-state index is 10.7. The summed E-state index contributed by atoms with van der Waals surface area (Å²) in [6.07, 6.45) is 2.31. The Morgan fingerprint density at radius 3 is 2.95 bits per heavy atom. The number of aromatic nitrogens is 2. The number of nitro groups is 1. The fraction of sp³-hybridized carbons (Fsp3) is 0.417. The third-order valence-electron chi connectivity index (χ3n) is 3.52. The number of rotatable bonds is 4. The highest BCUT2D eigenvalue weighted by Crippen LogP contribution is 2.47. The largest absolute Gasteiger partial charge is 0.464 e. The van der Waals surface area contributed by atoms with Gasteiger partial charge in [0, 0.05) is 5.92 Å². The molecule has 0 aromatic carbocycles. The molecule has 19 heavy (non-hydrogen) atoms. The molecule has 1 aliphatic carbocycles. The lowest BCUT2D eigenvalue weighted by Gasteiger charge is -2.00. The van der Waals surface area contributed by atoms with E-state index in [9.17, 15) is 10.1 Å². The molecule has 1 aliphatic rings. The molecule has 0 saturated heterocycles. The highest BCUT2D eigenvalue weighted by atomic mass is 16.6. The van der Waals surface area contributed by atoms with Crippen LogP contribution < -0.4 is 5.73 Å². The van der Waals surface area contributed by atoms with Gasteiger partial charge in [0.05, 0.1) is 4.92 Å². The second kappa shape index (κ2) is 4.11. The first kappa shape index (κ1) is 11.8. The van der Waals surface area contributed by atoms with Crippen LogP contribution in [-0.2, 0) is 6.54 Å². The Hall–Kier alpha value is -2.31. The number of hydrogen-bond acceptors (Lipinski definition) is 5. The molecule has 0 aliphatic heterocycles. The summed E-state index contributed by atoms with van der Waals surface area (Å²) in [6, 6.07) is 3.82. The van der Waals surface area contributed by atoms with Crippen molar-refractivity contribution in [1.82, 2.24) is 9.78 Å². The molecular weight excluding hydrogens is 248 g/mol. The van der Waals surface area contributed by atoms with Crippen LogP contribution in [0.3, 0.4) is 0 Å². The van der Waals surface area contributed by atoms with Crippen LogP contribution in [0.1, 0.15) is 30.8 Å². The van der Waals surface area contributed by atoms with Crippen LogP contribution in [0.4, 0.5) is 11.5 Å². The second-order valence-electron chi connectivity index (χ2n) is 4.95. The van der Waals surface area contributed by atoms with Gasteiger partial charge in [-0.25, -0.2) is 4.68 Å². The molecule has 2 aromatic heterocycles. The summed E-state index contributed by atoms with van der Waals surface area (Å²) in [5, 5.41) is 14.6. The number of hydrogen-bond donors (Lipinski definition) is 1. The van der Waals surface area contributed by atoms with Crippen LogP contribution in [0.2, 0.25) is 0 Å². The van der Waals surface area contributed by atoms with Crippen LogP contribution in [0.25, 0.3) is 0 Å². The van der Waals surface area contributed by atoms with Crippen molar-refractivity contribution in [3.05, 3.63) is 40.0 Å². The quantitative estimate of drug-likeness (QED) is 0.672. The minimum absolute atomic E-state index is 0.0442. The van der Waals surface area contributed by atoms with Crippen LogP contribution >= 0.6 is 0 Å². The molecule has 2 atom stereocenters. The average Bonchev–Trinajstić information content (AvgIpc) is 2.77. The zero-order valence-electron chi connectivity index (χ0n) is 10.4. The number of nitrogens with zero attached hydrogens (tertiary/aromatic N) is 3. The lowest BCUT2D eigenvalue weighted by atomic mass is 10.3. The third-order valence-corrected chi connectivity index (χ3v) is 3.52. The molecule has 2 aromatic rings. The molecule has 100 valence electrons. The van der Waals surface area contributed by atoms with Gasteiger partial charge in [0.25, 0.3) is 0 Å². The zero-order chi connectivity index (χ0) is 13.6. The molecule has 0 spiro atoms. The number of nitrogens with two attached hydrogens (primary N) is 1. The van der Waals surface area contributed by atoms with E-state index in [0.717, 1.165) is 18.4 Å². The first-order valence-electron chi connectivity index (χ1n) is 6.10. The number of nitrogen functional groups attached to an aromatic ring is 1. The van der Waals surface area contributed by atoms with Crippen molar-refractivity contribution in [1.29, 1.82) is 0 Å². The topological polar surface area (TPSA) is 100 Å². The van der Waals surface area contributed by atoms with E-state index in [4.69, 9.17) is 10.2 Å². The van der Waals surface area contributed by atoms with Crippen molar-refractivity contribution in [3.63, 3.8) is 0 Å². The zero-order valence-corrected chi connectivity index (χ0v) is 10.4. The Balaban J connectivity index is 1.78. The molecular formula is C12H14N4O3. The highest BCUT2D eigenvalue weighted by Gasteiger charge is 2.36. The van der Waals surface area contributed by atoms with Gasteiger partial charge < -0.3 is 10.2 Å². The van der Waals surface area contributed by atoms with Crippen LogP contribution in [0.15, 0.2) is 22.7 Å². The summed E-state index contributed by atoms with van der Waals surface area (Å²) >= 11 is 0. The number of anilines is 1. The minimum Gasteiger partial charge on any atom is -0.464 e. The lowest BCUT2D eigenvalue weighted by molar-refractivity contribution is -0.384. The van der Waals surface area contributed by atoms with Gasteiger partial charge >= 0.3 is 5.69 Å². The summed E-state index contributed by atoms with van der Waals surface area (Å²) in [5.74, 6) is 2.91. The van der Waals surface area contributed by atoms with Gasteiger partial charge in [0.15, 0.2) is 0 Å². The van der Waals surface area contributed by atoms with Crippen LogP contribution in [-0.4, -0.2) is 14.7 Å². The molecule has 2 N–H and O–H groups in total. The van der Waals surface area contributed by atoms with E-state index in [-0.39, 0.29) is 11.5 Å². The molecule has 7 heteroatoms. The fourth-order valence-electron chi connectivity index (χ4n) is 2.20. The van der Waals surface area contributed by atoms with E-state index in [1.165, 1.54) is 4.68 Å². The van der Waals surface area contributed by atoms with E-state index >= 15 is 0 Å². The lowest BCUT2D eigenvalue weighted by Crippen LogP contribution is -2.06. The summed E-state index contributed by atoms with van der Waals surface area (Å²) in [6.45, 7) is 2.49. The maximum Gasteiger partial charge on any atom is 0.330 e. The highest BCUT2D eigenvalue weighted by molar-refractivity contribution is 5.51. The Morgan fingerprint density at radius 2 is 2.37 bits per heavy atom. The van der Waals surface area contributed by atoms with Crippen molar-refractivity contribution in [2.24, 2.45) is 5.92 Å². The van der Waals surface area contributed by atoms with Gasteiger partial charge in [0.1, 0.15) is 24.3 Å². The van der Waals surface area contributed by atoms with Gasteiger partial charge in [-0.2, -0.15) is 5.10 Å². The molecule has 3 rings (SSSR count). The third kappa shape index (κ3) is 2.07. The van der Waals surface area contributed by atoms with Crippen LogP contribution in [0, 0.1) is 16.0 Å². The summed E-state index contributed by atoms with van der Waals surface area (Å²) in [7, 11) is 0. The predicted molar refractivity (Wildman–Crippen MR) is 67.6 cm³/mol. The summed E-state index contributed by atoms with van der Waals surface area (Å²) in [4.78, 5) is 10.1. The normalized spacial score (nSPS) is 21.5. The molecule has 0 bridgehead atoms. The van der Waals surface area contributed by atoms with Gasteiger partial charge in [-0.15, -0.1) is 0 Å². The van der Waals surface area contributed by atoms with E-state index in [1.807, 2.05) is 12.1 Å². The van der Waals surface area contributed by atoms with E-state index in [1.54, 1.807) is 0 Å². The van der Waals surface area contributed by atoms with Crippen molar-refractivity contribution < 1.29 is 9.34 Å². The van der Waals surface area contributed by atoms with E-state index in [2.05, 4.69) is 12.0 Å². The fourth-order valence-corrected chi connectivity index (χ4v) is 2.20. The first-order valence-corrected chi connectivity index (χ1v) is 6.10. The van der Waals surface area contributed by atoms with Crippen molar-refractivity contribution in [2.75, 3.05) is 5.73 Å². The van der Waals surface area contributed by atoms with E-state index < -0.39 is 4.92 Å². The Bertz CT molecular complexity index is 631. The monoisotopic (exact) mass is 262 g/mol. The first-order chi connectivity index (χ1) is 9.06. The SMILES string of the molecule is CC1CC1c1ccc(Cn2ncc([N+](=O)[O-])c2N)o1. The Kier molecular flexibility index (Phi) is 2.55. The van der Waals surface area contributed by atoms with Gasteiger partial charge in [-0.1, -0.05) is 6.92 Å². The van der Waals surface area contributed by atoms with Crippen LogP contribution in [0.5, 0.6) is 0 Å². The molecule has 2 unspecified atom stereocenters. The standard InChI is InChI=1S/C12H14N4O3/c1-7-4-9(7)11-3-2-8(19-11)6-15-12(13)10(5-14-15)16(17)18/h2-3,5,7,9H,4,6,13H2,1H3. The van der Waals surface area contributed by atoms with Gasteiger partial charge in [-0.05, 0) is 24.5 Å². The molecule has 2 heterocycles. The molecule has 0 amide bonds. The van der Waals surface area contributed by atoms with Crippen molar-refractivity contribution >= 4 is 11.5 Å². The van der Waals surface area contributed by atoms with Crippen molar-refractivity contribution in [2.45, 2.75) is 25.8 Å². The summed E-state index contributed by atoms with van der Waals surface area (Å²) < 4.78 is 7.09. The average molecular weight is 262 g/mol. The van der Waals surface area contributed by atoms with Gasteiger partial charge in [-0.3, -0.25) is 10.1 Å². The second-order valence-corrected chi connectivity index (χ2v) is 4.95. The molecule has 0 radical (unpaired) electrons. The Labute approximate surface area is 109 Å². The summed E-state index contributed by atoms with van der Waals surface area (Å²) in [5.41, 5.74) is 5.49. The predicted octanol–water partition coefficient (Wildman–Crippen LogP) is 2.14. The smallest absolute Gasteiger partial charge is 0.330 e. The Morgan fingerprint density at radius 1 is 1.63 bits per heavy atom. The van der Waals surface area contributed by atoms with Gasteiger partial charge in [0.2, 0.25) is 5.82 Å².